The summed E-state index contributed by atoms with van der Waals surface area (Å²) >= 11 is 2.83. The Bertz CT molecular complexity index is 602. The van der Waals surface area contributed by atoms with Gasteiger partial charge in [-0.2, -0.15) is 0 Å². The first-order chi connectivity index (χ1) is 8.23. The van der Waals surface area contributed by atoms with Crippen LogP contribution in [-0.4, -0.2) is 27.6 Å². The molecule has 1 aromatic rings. The second kappa shape index (κ2) is 5.29. The number of nitrogens with zero attached hydrogens (tertiary/aromatic N) is 1. The van der Waals surface area contributed by atoms with Crippen molar-refractivity contribution in [3.63, 3.8) is 0 Å². The van der Waals surface area contributed by atoms with Crippen LogP contribution < -0.4 is 9.47 Å². The topological polar surface area (TPSA) is 95.7 Å². The Balaban J connectivity index is 3.85. The monoisotopic (exact) mass is 359 g/mol. The van der Waals surface area contributed by atoms with Crippen molar-refractivity contribution in [3.05, 3.63) is 20.7 Å². The second-order valence-corrected chi connectivity index (χ2v) is 6.27. The minimum Gasteiger partial charge on any atom is -0.493 e. The van der Waals surface area contributed by atoms with Gasteiger partial charge in [0.1, 0.15) is 9.37 Å². The van der Waals surface area contributed by atoms with Crippen LogP contribution in [0.5, 0.6) is 11.5 Å². The minimum atomic E-state index is -4.25. The third kappa shape index (κ3) is 2.68. The number of hydrogen-bond donors (Lipinski definition) is 0. The Kier molecular flexibility index (Phi) is 4.41. The summed E-state index contributed by atoms with van der Waals surface area (Å²) < 4.78 is 32.3. The molecule has 10 heteroatoms. The van der Waals surface area contributed by atoms with Gasteiger partial charge in [-0.1, -0.05) is 0 Å². The van der Waals surface area contributed by atoms with E-state index in [1.54, 1.807) is 0 Å². The lowest BCUT2D eigenvalue weighted by Gasteiger charge is -2.12. The van der Waals surface area contributed by atoms with Crippen molar-refractivity contribution in [2.24, 2.45) is 0 Å². The second-order valence-electron chi connectivity index (χ2n) is 2.97. The van der Waals surface area contributed by atoms with E-state index >= 15 is 0 Å². The van der Waals surface area contributed by atoms with E-state index in [4.69, 9.17) is 20.2 Å². The molecule has 0 aliphatic carbocycles. The third-order valence-electron chi connectivity index (χ3n) is 1.99. The number of benzene rings is 1. The maximum atomic E-state index is 11.5. The molecule has 1 aromatic carbocycles. The van der Waals surface area contributed by atoms with Gasteiger partial charge in [-0.05, 0) is 15.9 Å². The van der Waals surface area contributed by atoms with Crippen molar-refractivity contribution in [1.82, 2.24) is 0 Å². The Hall–Kier alpha value is -1.06. The molecular formula is C8H7BrClNO6S. The average Bonchev–Trinajstić information content (AvgIpc) is 2.25. The van der Waals surface area contributed by atoms with Crippen LogP contribution in [0.25, 0.3) is 0 Å². The zero-order chi connectivity index (χ0) is 14.1. The normalized spacial score (nSPS) is 11.1. The van der Waals surface area contributed by atoms with E-state index in [9.17, 15) is 18.5 Å². The Morgan fingerprint density at radius 1 is 1.39 bits per heavy atom. The molecule has 0 bridgehead atoms. The highest BCUT2D eigenvalue weighted by atomic mass is 79.9. The van der Waals surface area contributed by atoms with Crippen molar-refractivity contribution in [3.8, 4) is 11.5 Å². The molecular weight excluding hydrogens is 354 g/mol. The van der Waals surface area contributed by atoms with Gasteiger partial charge in [0, 0.05) is 10.7 Å². The van der Waals surface area contributed by atoms with Gasteiger partial charge in [0.15, 0.2) is 11.5 Å². The first-order valence-electron chi connectivity index (χ1n) is 4.27. The van der Waals surface area contributed by atoms with Crippen LogP contribution in [0.3, 0.4) is 0 Å². The van der Waals surface area contributed by atoms with E-state index < -0.39 is 24.6 Å². The average molecular weight is 361 g/mol. The molecule has 0 N–H and O–H groups in total. The fourth-order valence-corrected chi connectivity index (χ4v) is 3.80. The van der Waals surface area contributed by atoms with Crippen molar-refractivity contribution >= 4 is 41.4 Å². The molecule has 0 fully saturated rings. The maximum absolute atomic E-state index is 11.5. The molecule has 0 amide bonds. The van der Waals surface area contributed by atoms with Gasteiger partial charge in [0.2, 0.25) is 0 Å². The van der Waals surface area contributed by atoms with Crippen molar-refractivity contribution < 1.29 is 22.8 Å². The van der Waals surface area contributed by atoms with Crippen LogP contribution in [0.2, 0.25) is 0 Å². The zero-order valence-electron chi connectivity index (χ0n) is 9.14. The highest BCUT2D eigenvalue weighted by Gasteiger charge is 2.31. The Labute approximate surface area is 115 Å². The van der Waals surface area contributed by atoms with Gasteiger partial charge in [0.05, 0.1) is 25.2 Å². The molecule has 0 aliphatic rings. The van der Waals surface area contributed by atoms with Crippen molar-refractivity contribution in [2.75, 3.05) is 14.2 Å². The summed E-state index contributed by atoms with van der Waals surface area (Å²) in [6, 6.07) is 1.04. The fraction of sp³-hybridized carbons (Fsp3) is 0.250. The molecule has 0 aliphatic heterocycles. The zero-order valence-corrected chi connectivity index (χ0v) is 12.3. The number of rotatable bonds is 4. The molecule has 0 saturated carbocycles. The molecule has 0 radical (unpaired) electrons. The molecule has 0 aromatic heterocycles. The van der Waals surface area contributed by atoms with Crippen LogP contribution in [0.15, 0.2) is 15.4 Å². The smallest absolute Gasteiger partial charge is 0.288 e. The summed E-state index contributed by atoms with van der Waals surface area (Å²) in [5, 5.41) is 10.8. The highest BCUT2D eigenvalue weighted by Crippen LogP contribution is 2.45. The predicted octanol–water partition coefficient (Wildman–Crippen LogP) is 2.30. The lowest BCUT2D eigenvalue weighted by Crippen LogP contribution is -2.03. The van der Waals surface area contributed by atoms with Gasteiger partial charge in [-0.3, -0.25) is 10.1 Å². The molecule has 0 unspecified atom stereocenters. The lowest BCUT2D eigenvalue weighted by molar-refractivity contribution is -0.386. The van der Waals surface area contributed by atoms with Gasteiger partial charge >= 0.3 is 0 Å². The molecule has 0 heterocycles. The highest BCUT2D eigenvalue weighted by molar-refractivity contribution is 9.10. The van der Waals surface area contributed by atoms with Crippen LogP contribution >= 0.6 is 26.6 Å². The van der Waals surface area contributed by atoms with Crippen LogP contribution in [0.1, 0.15) is 0 Å². The number of methoxy groups -OCH3 is 2. The SMILES string of the molecule is COc1cc([N+](=O)[O-])c(Br)c(S(=O)(=O)Cl)c1OC. The fourth-order valence-electron chi connectivity index (χ4n) is 1.28. The third-order valence-corrected chi connectivity index (χ3v) is 4.39. The molecule has 7 nitrogen and oxygen atoms in total. The Morgan fingerprint density at radius 3 is 2.28 bits per heavy atom. The van der Waals surface area contributed by atoms with Crippen molar-refractivity contribution in [2.45, 2.75) is 4.90 Å². The molecule has 0 spiro atoms. The summed E-state index contributed by atoms with van der Waals surface area (Å²) in [6.07, 6.45) is 0. The number of nitro groups is 1. The molecule has 0 saturated heterocycles. The quantitative estimate of drug-likeness (QED) is 0.464. The van der Waals surface area contributed by atoms with E-state index in [-0.39, 0.29) is 16.0 Å². The Morgan fingerprint density at radius 2 is 1.94 bits per heavy atom. The van der Waals surface area contributed by atoms with Gasteiger partial charge in [-0.25, -0.2) is 8.42 Å². The first-order valence-corrected chi connectivity index (χ1v) is 7.37. The predicted molar refractivity (Wildman–Crippen MR) is 66.9 cm³/mol. The summed E-state index contributed by atoms with van der Waals surface area (Å²) in [5.74, 6) is -0.309. The minimum absolute atomic E-state index is 0.105. The van der Waals surface area contributed by atoms with E-state index in [1.807, 2.05) is 0 Å². The van der Waals surface area contributed by atoms with Crippen LogP contribution in [-0.2, 0) is 9.05 Å². The first kappa shape index (κ1) is 15.0. The maximum Gasteiger partial charge on any atom is 0.288 e. The van der Waals surface area contributed by atoms with Gasteiger partial charge in [-0.15, -0.1) is 0 Å². The molecule has 18 heavy (non-hydrogen) atoms. The van der Waals surface area contributed by atoms with Crippen molar-refractivity contribution in [1.29, 1.82) is 0 Å². The molecule has 1 rings (SSSR count). The summed E-state index contributed by atoms with van der Waals surface area (Å²) in [4.78, 5) is 9.50. The summed E-state index contributed by atoms with van der Waals surface area (Å²) in [5.41, 5.74) is -0.494. The molecule has 0 atom stereocenters. The summed E-state index contributed by atoms with van der Waals surface area (Å²) in [6.45, 7) is 0. The number of halogens is 2. The number of ether oxygens (including phenoxy) is 2. The van der Waals surface area contributed by atoms with Crippen LogP contribution in [0, 0.1) is 10.1 Å². The largest absolute Gasteiger partial charge is 0.493 e. The van der Waals surface area contributed by atoms with E-state index in [2.05, 4.69) is 15.9 Å². The molecule has 100 valence electrons. The van der Waals surface area contributed by atoms with Gasteiger partial charge < -0.3 is 9.47 Å². The lowest BCUT2D eigenvalue weighted by atomic mass is 10.3. The number of hydrogen-bond acceptors (Lipinski definition) is 6. The summed E-state index contributed by atoms with van der Waals surface area (Å²) in [7, 11) is 3.41. The van der Waals surface area contributed by atoms with Gasteiger partial charge in [0.25, 0.3) is 14.7 Å². The van der Waals surface area contributed by atoms with E-state index in [0.29, 0.717) is 0 Å². The number of nitro benzene ring substituents is 1. The standard InChI is InChI=1S/C8H7BrClNO6S/c1-16-5-3-4(11(12)13)6(9)8(7(5)17-2)18(10,14)15/h3H,1-2H3. The van der Waals surface area contributed by atoms with Crippen LogP contribution in [0.4, 0.5) is 5.69 Å². The van der Waals surface area contributed by atoms with E-state index in [1.165, 1.54) is 14.2 Å². The van der Waals surface area contributed by atoms with E-state index in [0.717, 1.165) is 6.07 Å².